The summed E-state index contributed by atoms with van der Waals surface area (Å²) in [7, 11) is 0. The Labute approximate surface area is 130 Å². The normalized spacial score (nSPS) is 14.8. The van der Waals surface area contributed by atoms with Crippen LogP contribution < -0.4 is 5.32 Å². The number of nitrogens with one attached hydrogen (secondary N) is 1. The Kier molecular flexibility index (Phi) is 5.51. The highest BCUT2D eigenvalue weighted by Gasteiger charge is 2.17. The third-order valence-corrected chi connectivity index (χ3v) is 3.67. The summed E-state index contributed by atoms with van der Waals surface area (Å²) in [6, 6.07) is 4.68. The minimum atomic E-state index is -0.446. The highest BCUT2D eigenvalue weighted by atomic mass is 79.9. The van der Waals surface area contributed by atoms with Crippen molar-refractivity contribution in [3.05, 3.63) is 32.8 Å². The van der Waals surface area contributed by atoms with E-state index in [2.05, 4.69) is 21.2 Å². The fourth-order valence-corrected chi connectivity index (χ4v) is 2.45. The molecule has 114 valence electrons. The minimum absolute atomic E-state index is 0.00276. The van der Waals surface area contributed by atoms with Crippen molar-refractivity contribution in [2.75, 3.05) is 38.2 Å². The van der Waals surface area contributed by atoms with Crippen LogP contribution in [-0.4, -0.2) is 48.6 Å². The zero-order chi connectivity index (χ0) is 15.2. The van der Waals surface area contributed by atoms with Gasteiger partial charge in [-0.2, -0.15) is 0 Å². The fourth-order valence-electron chi connectivity index (χ4n) is 2.08. The second-order valence-electron chi connectivity index (χ2n) is 4.59. The van der Waals surface area contributed by atoms with E-state index in [0.29, 0.717) is 45.0 Å². The van der Waals surface area contributed by atoms with Crippen LogP contribution in [0.25, 0.3) is 0 Å². The number of anilines is 1. The summed E-state index contributed by atoms with van der Waals surface area (Å²) >= 11 is 3.28. The first-order chi connectivity index (χ1) is 10.1. The van der Waals surface area contributed by atoms with Gasteiger partial charge < -0.3 is 15.0 Å². The molecule has 1 aliphatic rings. The minimum Gasteiger partial charge on any atom is -0.379 e. The molecule has 21 heavy (non-hydrogen) atoms. The van der Waals surface area contributed by atoms with Crippen molar-refractivity contribution in [3.8, 4) is 0 Å². The van der Waals surface area contributed by atoms with E-state index in [1.165, 1.54) is 6.07 Å². The van der Waals surface area contributed by atoms with Gasteiger partial charge in [-0.1, -0.05) is 15.9 Å². The lowest BCUT2D eigenvalue weighted by atomic mass is 10.2. The lowest BCUT2D eigenvalue weighted by Crippen LogP contribution is -2.41. The van der Waals surface area contributed by atoms with E-state index in [4.69, 9.17) is 4.74 Å². The van der Waals surface area contributed by atoms with E-state index in [1.54, 1.807) is 17.0 Å². The van der Waals surface area contributed by atoms with Crippen molar-refractivity contribution in [2.45, 2.75) is 6.42 Å². The molecule has 0 aliphatic carbocycles. The third kappa shape index (κ3) is 4.40. The van der Waals surface area contributed by atoms with Crippen molar-refractivity contribution in [2.24, 2.45) is 0 Å². The molecule has 0 radical (unpaired) electrons. The van der Waals surface area contributed by atoms with Gasteiger partial charge in [0.2, 0.25) is 5.91 Å². The molecule has 0 saturated carbocycles. The molecule has 1 aromatic carbocycles. The monoisotopic (exact) mass is 357 g/mol. The molecule has 1 N–H and O–H groups in total. The Bertz CT molecular complexity index is 532. The molecule has 0 unspecified atom stereocenters. The number of nitro benzene ring substituents is 1. The molecule has 1 saturated heterocycles. The van der Waals surface area contributed by atoms with Crippen LogP contribution in [0.15, 0.2) is 22.7 Å². The van der Waals surface area contributed by atoms with E-state index >= 15 is 0 Å². The number of ether oxygens (including phenoxy) is 1. The first-order valence-corrected chi connectivity index (χ1v) is 7.40. The molecule has 1 fully saturated rings. The maximum absolute atomic E-state index is 12.0. The molecule has 2 rings (SSSR count). The first kappa shape index (κ1) is 15.7. The number of halogens is 1. The van der Waals surface area contributed by atoms with Gasteiger partial charge in [0.1, 0.15) is 5.69 Å². The predicted octanol–water partition coefficient (Wildman–Crippen LogP) is 2.02. The SMILES string of the molecule is O=C(CCNc1cc(Br)ccc1[N+](=O)[O-])N1CCOCC1. The summed E-state index contributed by atoms with van der Waals surface area (Å²) in [5.41, 5.74) is 0.404. The van der Waals surface area contributed by atoms with Gasteiger partial charge in [-0.3, -0.25) is 14.9 Å². The average molecular weight is 358 g/mol. The molecule has 7 nitrogen and oxygen atoms in total. The van der Waals surface area contributed by atoms with E-state index < -0.39 is 4.92 Å². The number of nitro groups is 1. The molecule has 0 aromatic heterocycles. The van der Waals surface area contributed by atoms with Crippen molar-refractivity contribution in [3.63, 3.8) is 0 Å². The summed E-state index contributed by atoms with van der Waals surface area (Å²) in [6.07, 6.45) is 0.295. The number of amides is 1. The van der Waals surface area contributed by atoms with Gasteiger partial charge in [-0.15, -0.1) is 0 Å². The number of hydrogen-bond acceptors (Lipinski definition) is 5. The highest BCUT2D eigenvalue weighted by Crippen LogP contribution is 2.27. The Balaban J connectivity index is 1.89. The van der Waals surface area contributed by atoms with Gasteiger partial charge in [0, 0.05) is 36.6 Å². The number of carbonyl (C=O) groups is 1. The van der Waals surface area contributed by atoms with Crippen LogP contribution in [0.5, 0.6) is 0 Å². The standard InChI is InChI=1S/C13H16BrN3O4/c14-10-1-2-12(17(19)20)11(9-10)15-4-3-13(18)16-5-7-21-8-6-16/h1-2,9,15H,3-8H2. The van der Waals surface area contributed by atoms with Crippen molar-refractivity contribution in [1.82, 2.24) is 4.90 Å². The van der Waals surface area contributed by atoms with E-state index in [0.717, 1.165) is 4.47 Å². The van der Waals surface area contributed by atoms with Crippen LogP contribution in [-0.2, 0) is 9.53 Å². The molecule has 0 atom stereocenters. The smallest absolute Gasteiger partial charge is 0.292 e. The fraction of sp³-hybridized carbons (Fsp3) is 0.462. The molecule has 0 spiro atoms. The lowest BCUT2D eigenvalue weighted by molar-refractivity contribution is -0.384. The maximum Gasteiger partial charge on any atom is 0.292 e. The Morgan fingerprint density at radius 2 is 2.14 bits per heavy atom. The summed E-state index contributed by atoms with van der Waals surface area (Å²) in [6.45, 7) is 2.70. The number of hydrogen-bond donors (Lipinski definition) is 1. The van der Waals surface area contributed by atoms with Crippen LogP contribution in [0.1, 0.15) is 6.42 Å². The van der Waals surface area contributed by atoms with E-state index in [9.17, 15) is 14.9 Å². The molecule has 1 aliphatic heterocycles. The topological polar surface area (TPSA) is 84.7 Å². The average Bonchev–Trinajstić information content (AvgIpc) is 2.48. The lowest BCUT2D eigenvalue weighted by Gasteiger charge is -2.26. The van der Waals surface area contributed by atoms with E-state index in [-0.39, 0.29) is 11.6 Å². The maximum atomic E-state index is 12.0. The molecular formula is C13H16BrN3O4. The number of benzene rings is 1. The van der Waals surface area contributed by atoms with Crippen molar-refractivity contribution in [1.29, 1.82) is 0 Å². The second kappa shape index (κ2) is 7.37. The third-order valence-electron chi connectivity index (χ3n) is 3.17. The summed E-state index contributed by atoms with van der Waals surface area (Å²) in [5, 5.41) is 13.9. The first-order valence-electron chi connectivity index (χ1n) is 6.61. The zero-order valence-electron chi connectivity index (χ0n) is 11.4. The van der Waals surface area contributed by atoms with Crippen LogP contribution >= 0.6 is 15.9 Å². The summed E-state index contributed by atoms with van der Waals surface area (Å²) < 4.78 is 5.93. The Morgan fingerprint density at radius 3 is 2.81 bits per heavy atom. The van der Waals surface area contributed by atoms with Gasteiger partial charge in [0.15, 0.2) is 0 Å². The quantitative estimate of drug-likeness (QED) is 0.643. The highest BCUT2D eigenvalue weighted by molar-refractivity contribution is 9.10. The predicted molar refractivity (Wildman–Crippen MR) is 81.3 cm³/mol. The van der Waals surface area contributed by atoms with Crippen molar-refractivity contribution >= 4 is 33.2 Å². The molecular weight excluding hydrogens is 342 g/mol. The van der Waals surface area contributed by atoms with Crippen LogP contribution in [0.2, 0.25) is 0 Å². The van der Waals surface area contributed by atoms with Gasteiger partial charge in [-0.05, 0) is 12.1 Å². The Morgan fingerprint density at radius 1 is 1.43 bits per heavy atom. The number of nitrogens with zero attached hydrogens (tertiary/aromatic N) is 2. The van der Waals surface area contributed by atoms with Gasteiger partial charge in [0.25, 0.3) is 5.69 Å². The zero-order valence-corrected chi connectivity index (χ0v) is 13.0. The van der Waals surface area contributed by atoms with Crippen molar-refractivity contribution < 1.29 is 14.5 Å². The second-order valence-corrected chi connectivity index (χ2v) is 5.50. The summed E-state index contributed by atoms with van der Waals surface area (Å²) in [5.74, 6) is 0.0310. The summed E-state index contributed by atoms with van der Waals surface area (Å²) in [4.78, 5) is 24.2. The van der Waals surface area contributed by atoms with Gasteiger partial charge in [0.05, 0.1) is 18.1 Å². The Hall–Kier alpha value is -1.67. The molecule has 1 heterocycles. The van der Waals surface area contributed by atoms with Crippen LogP contribution in [0.4, 0.5) is 11.4 Å². The largest absolute Gasteiger partial charge is 0.379 e. The number of rotatable bonds is 5. The molecule has 1 amide bonds. The van der Waals surface area contributed by atoms with E-state index in [1.807, 2.05) is 0 Å². The number of carbonyl (C=O) groups excluding carboxylic acids is 1. The molecule has 0 bridgehead atoms. The molecule has 8 heteroatoms. The van der Waals surface area contributed by atoms with Gasteiger partial charge in [-0.25, -0.2) is 0 Å². The van der Waals surface area contributed by atoms with Crippen LogP contribution in [0.3, 0.4) is 0 Å². The molecule has 1 aromatic rings. The van der Waals surface area contributed by atoms with Crippen LogP contribution in [0, 0.1) is 10.1 Å². The van der Waals surface area contributed by atoms with Gasteiger partial charge >= 0.3 is 0 Å². The number of morpholine rings is 1.